The van der Waals surface area contributed by atoms with E-state index in [1.54, 1.807) is 0 Å². The highest BCUT2D eigenvalue weighted by Gasteiger charge is 2.37. The normalized spacial score (nSPS) is 27.0. The number of aliphatic hydroxyl groups is 1. The number of urea groups is 1. The van der Waals surface area contributed by atoms with Crippen LogP contribution in [-0.2, 0) is 0 Å². The zero-order valence-electron chi connectivity index (χ0n) is 10.5. The summed E-state index contributed by atoms with van der Waals surface area (Å²) >= 11 is 0. The third-order valence-electron chi connectivity index (χ3n) is 3.40. The van der Waals surface area contributed by atoms with Crippen LogP contribution in [0.1, 0.15) is 40.0 Å². The summed E-state index contributed by atoms with van der Waals surface area (Å²) in [4.78, 5) is 11.6. The lowest BCUT2D eigenvalue weighted by atomic mass is 10.1. The molecule has 0 aliphatic heterocycles. The molecule has 94 valence electrons. The quantitative estimate of drug-likeness (QED) is 0.645. The average molecular weight is 228 g/mol. The fourth-order valence-corrected chi connectivity index (χ4v) is 1.83. The molecule has 1 saturated carbocycles. The molecule has 4 nitrogen and oxygen atoms in total. The van der Waals surface area contributed by atoms with Gasteiger partial charge in [0.1, 0.15) is 0 Å². The van der Waals surface area contributed by atoms with E-state index in [4.69, 9.17) is 5.11 Å². The second kappa shape index (κ2) is 6.09. The van der Waals surface area contributed by atoms with Crippen molar-refractivity contribution >= 4 is 6.03 Å². The SMILES string of the molecule is CCCC1CC1NC(=O)NC(C)C(C)CO. The molecule has 0 bridgehead atoms. The van der Waals surface area contributed by atoms with Crippen molar-refractivity contribution in [3.63, 3.8) is 0 Å². The van der Waals surface area contributed by atoms with Gasteiger partial charge in [-0.2, -0.15) is 0 Å². The molecule has 1 rings (SSSR count). The number of hydrogen-bond donors (Lipinski definition) is 3. The van der Waals surface area contributed by atoms with Crippen LogP contribution in [0.2, 0.25) is 0 Å². The van der Waals surface area contributed by atoms with Crippen LogP contribution >= 0.6 is 0 Å². The molecular weight excluding hydrogens is 204 g/mol. The van der Waals surface area contributed by atoms with E-state index in [0.717, 1.165) is 6.42 Å². The molecule has 1 fully saturated rings. The molecule has 1 aliphatic carbocycles. The molecule has 0 spiro atoms. The van der Waals surface area contributed by atoms with E-state index in [1.807, 2.05) is 13.8 Å². The highest BCUT2D eigenvalue weighted by atomic mass is 16.3. The molecule has 0 aromatic rings. The zero-order valence-corrected chi connectivity index (χ0v) is 10.5. The minimum absolute atomic E-state index is 0.00775. The third kappa shape index (κ3) is 4.00. The van der Waals surface area contributed by atoms with E-state index in [2.05, 4.69) is 17.6 Å². The van der Waals surface area contributed by atoms with Crippen LogP contribution in [0.25, 0.3) is 0 Å². The van der Waals surface area contributed by atoms with Crippen molar-refractivity contribution in [2.75, 3.05) is 6.61 Å². The van der Waals surface area contributed by atoms with Crippen molar-refractivity contribution in [2.24, 2.45) is 11.8 Å². The Morgan fingerprint density at radius 3 is 2.75 bits per heavy atom. The average Bonchev–Trinajstić information content (AvgIpc) is 2.95. The first-order valence-electron chi connectivity index (χ1n) is 6.26. The van der Waals surface area contributed by atoms with E-state index in [-0.39, 0.29) is 24.6 Å². The topological polar surface area (TPSA) is 61.4 Å². The molecule has 1 aliphatic rings. The van der Waals surface area contributed by atoms with Gasteiger partial charge in [0.25, 0.3) is 0 Å². The molecule has 0 saturated heterocycles. The predicted molar refractivity (Wildman–Crippen MR) is 64.2 cm³/mol. The molecule has 4 atom stereocenters. The maximum absolute atomic E-state index is 11.6. The Morgan fingerprint density at radius 2 is 2.19 bits per heavy atom. The summed E-state index contributed by atoms with van der Waals surface area (Å²) in [6, 6.07) is 0.279. The summed E-state index contributed by atoms with van der Waals surface area (Å²) in [7, 11) is 0. The summed E-state index contributed by atoms with van der Waals surface area (Å²) in [5, 5.41) is 14.8. The molecular formula is C12H24N2O2. The lowest BCUT2D eigenvalue weighted by Crippen LogP contribution is -2.45. The van der Waals surface area contributed by atoms with Gasteiger partial charge in [0.2, 0.25) is 0 Å². The smallest absolute Gasteiger partial charge is 0.315 e. The highest BCUT2D eigenvalue weighted by Crippen LogP contribution is 2.34. The van der Waals surface area contributed by atoms with Crippen molar-refractivity contribution in [3.8, 4) is 0 Å². The number of carbonyl (C=O) groups excluding carboxylic acids is 1. The maximum Gasteiger partial charge on any atom is 0.315 e. The van der Waals surface area contributed by atoms with E-state index in [0.29, 0.717) is 12.0 Å². The van der Waals surface area contributed by atoms with Crippen molar-refractivity contribution in [1.82, 2.24) is 10.6 Å². The van der Waals surface area contributed by atoms with Gasteiger partial charge >= 0.3 is 6.03 Å². The van der Waals surface area contributed by atoms with Crippen molar-refractivity contribution in [3.05, 3.63) is 0 Å². The first-order chi connectivity index (χ1) is 7.58. The van der Waals surface area contributed by atoms with Crippen LogP contribution in [0, 0.1) is 11.8 Å². The Kier molecular flexibility index (Phi) is 5.06. The van der Waals surface area contributed by atoms with Crippen LogP contribution in [0.5, 0.6) is 0 Å². The summed E-state index contributed by atoms with van der Waals surface area (Å²) < 4.78 is 0. The fraction of sp³-hybridized carbons (Fsp3) is 0.917. The maximum atomic E-state index is 11.6. The first kappa shape index (κ1) is 13.3. The number of hydrogen-bond acceptors (Lipinski definition) is 2. The number of carbonyl (C=O) groups is 1. The number of rotatable bonds is 6. The summed E-state index contributed by atoms with van der Waals surface area (Å²) in [6.45, 7) is 6.10. The van der Waals surface area contributed by atoms with Gasteiger partial charge in [-0.25, -0.2) is 4.79 Å². The van der Waals surface area contributed by atoms with Crippen molar-refractivity contribution < 1.29 is 9.90 Å². The van der Waals surface area contributed by atoms with Crippen LogP contribution < -0.4 is 10.6 Å². The summed E-state index contributed by atoms with van der Waals surface area (Å²) in [5.74, 6) is 0.776. The van der Waals surface area contributed by atoms with Crippen LogP contribution in [0.4, 0.5) is 4.79 Å². The molecule has 4 heteroatoms. The summed E-state index contributed by atoms with van der Waals surface area (Å²) in [6.07, 6.45) is 3.50. The highest BCUT2D eigenvalue weighted by molar-refractivity contribution is 5.75. The minimum atomic E-state index is -0.101. The second-order valence-corrected chi connectivity index (χ2v) is 4.96. The van der Waals surface area contributed by atoms with Gasteiger partial charge in [-0.15, -0.1) is 0 Å². The zero-order chi connectivity index (χ0) is 12.1. The molecule has 2 amide bonds. The number of amides is 2. The second-order valence-electron chi connectivity index (χ2n) is 4.96. The van der Waals surface area contributed by atoms with Gasteiger partial charge < -0.3 is 15.7 Å². The van der Waals surface area contributed by atoms with Gasteiger partial charge in [-0.3, -0.25) is 0 Å². The van der Waals surface area contributed by atoms with E-state index >= 15 is 0 Å². The first-order valence-corrected chi connectivity index (χ1v) is 6.26. The van der Waals surface area contributed by atoms with Gasteiger partial charge in [0, 0.05) is 18.7 Å². The Morgan fingerprint density at radius 1 is 1.50 bits per heavy atom. The predicted octanol–water partition coefficient (Wildman–Crippen LogP) is 1.49. The standard InChI is InChI=1S/C12H24N2O2/c1-4-5-10-6-11(10)14-12(16)13-9(3)8(2)7-15/h8-11,15H,4-7H2,1-3H3,(H2,13,14,16). The number of aliphatic hydroxyl groups excluding tert-OH is 1. The van der Waals surface area contributed by atoms with Gasteiger partial charge in [0.05, 0.1) is 0 Å². The molecule has 0 aromatic heterocycles. The molecule has 16 heavy (non-hydrogen) atoms. The number of nitrogens with one attached hydrogen (secondary N) is 2. The molecule has 0 aromatic carbocycles. The monoisotopic (exact) mass is 228 g/mol. The Bertz CT molecular complexity index is 233. The lowest BCUT2D eigenvalue weighted by molar-refractivity contribution is 0.200. The van der Waals surface area contributed by atoms with E-state index in [1.165, 1.54) is 12.8 Å². The van der Waals surface area contributed by atoms with E-state index < -0.39 is 0 Å². The minimum Gasteiger partial charge on any atom is -0.396 e. The largest absolute Gasteiger partial charge is 0.396 e. The van der Waals surface area contributed by atoms with Crippen molar-refractivity contribution in [2.45, 2.75) is 52.1 Å². The molecule has 4 unspecified atom stereocenters. The van der Waals surface area contributed by atoms with Gasteiger partial charge in [-0.1, -0.05) is 20.3 Å². The Hall–Kier alpha value is -0.770. The van der Waals surface area contributed by atoms with Crippen LogP contribution in [0.3, 0.4) is 0 Å². The Balaban J connectivity index is 2.17. The lowest BCUT2D eigenvalue weighted by Gasteiger charge is -2.19. The van der Waals surface area contributed by atoms with Gasteiger partial charge in [-0.05, 0) is 31.6 Å². The van der Waals surface area contributed by atoms with Crippen LogP contribution in [0.15, 0.2) is 0 Å². The molecule has 0 radical (unpaired) electrons. The van der Waals surface area contributed by atoms with Crippen molar-refractivity contribution in [1.29, 1.82) is 0 Å². The van der Waals surface area contributed by atoms with Crippen LogP contribution in [-0.4, -0.2) is 29.8 Å². The molecule has 3 N–H and O–H groups in total. The summed E-state index contributed by atoms with van der Waals surface area (Å²) in [5.41, 5.74) is 0. The third-order valence-corrected chi connectivity index (χ3v) is 3.40. The Labute approximate surface area is 97.8 Å². The van der Waals surface area contributed by atoms with Gasteiger partial charge in [0.15, 0.2) is 0 Å². The fourth-order valence-electron chi connectivity index (χ4n) is 1.83. The molecule has 0 heterocycles. The van der Waals surface area contributed by atoms with E-state index in [9.17, 15) is 4.79 Å².